The molecule has 0 saturated heterocycles. The molecule has 1 unspecified atom stereocenters. The van der Waals surface area contributed by atoms with Crippen molar-refractivity contribution in [1.82, 2.24) is 15.4 Å². The molecule has 160 valence electrons. The van der Waals surface area contributed by atoms with Gasteiger partial charge in [-0.05, 0) is 30.7 Å². The van der Waals surface area contributed by atoms with E-state index in [0.717, 1.165) is 5.56 Å². The van der Waals surface area contributed by atoms with Gasteiger partial charge >= 0.3 is 12.0 Å². The van der Waals surface area contributed by atoms with E-state index >= 15 is 0 Å². The van der Waals surface area contributed by atoms with Crippen molar-refractivity contribution in [3.63, 3.8) is 0 Å². The van der Waals surface area contributed by atoms with Crippen molar-refractivity contribution >= 4 is 43.9 Å². The van der Waals surface area contributed by atoms with Crippen LogP contribution in [0.4, 0.5) is 4.79 Å². The zero-order valence-corrected chi connectivity index (χ0v) is 18.3. The molecule has 0 aromatic heterocycles. The maximum Gasteiger partial charge on any atom is 0.321 e. The van der Waals surface area contributed by atoms with Crippen LogP contribution in [0.5, 0.6) is 0 Å². The summed E-state index contributed by atoms with van der Waals surface area (Å²) < 4.78 is 31.9. The minimum absolute atomic E-state index is 0.0365. The minimum Gasteiger partial charge on any atom is -0.452 e. The van der Waals surface area contributed by atoms with Gasteiger partial charge in [-0.15, -0.1) is 0 Å². The molecule has 1 atom stereocenters. The molecule has 3 amide bonds. The molecule has 0 bridgehead atoms. The highest BCUT2D eigenvalue weighted by atomic mass is 79.9. The van der Waals surface area contributed by atoms with Crippen LogP contribution >= 0.6 is 15.9 Å². The Morgan fingerprint density at radius 2 is 1.77 bits per heavy atom. The van der Waals surface area contributed by atoms with Gasteiger partial charge in [0.15, 0.2) is 6.10 Å². The molecule has 3 N–H and O–H groups in total. The van der Waals surface area contributed by atoms with Crippen molar-refractivity contribution in [2.75, 3.05) is 6.54 Å². The molecular weight excluding hydrogens is 478 g/mol. The Bertz CT molecular complexity index is 1010. The summed E-state index contributed by atoms with van der Waals surface area (Å²) in [6.07, 6.45) is -1.30. The van der Waals surface area contributed by atoms with Gasteiger partial charge in [0.2, 0.25) is 10.0 Å². The third-order valence-electron chi connectivity index (χ3n) is 3.72. The van der Waals surface area contributed by atoms with Crippen molar-refractivity contribution in [3.8, 4) is 0 Å². The number of benzene rings is 2. The number of urea groups is 1. The molecule has 0 aliphatic heterocycles. The molecule has 2 rings (SSSR count). The lowest BCUT2D eigenvalue weighted by Crippen LogP contribution is -2.45. The number of carbonyl (C=O) groups excluding carboxylic acids is 3. The predicted octanol–water partition coefficient (Wildman–Crippen LogP) is 1.69. The number of hydrogen-bond acceptors (Lipinski definition) is 6. The Morgan fingerprint density at radius 3 is 2.43 bits per heavy atom. The van der Waals surface area contributed by atoms with Gasteiger partial charge < -0.3 is 10.1 Å². The maximum absolute atomic E-state index is 12.2. The van der Waals surface area contributed by atoms with Crippen molar-refractivity contribution in [2.45, 2.75) is 24.5 Å². The van der Waals surface area contributed by atoms with Gasteiger partial charge in [0.1, 0.15) is 6.54 Å². The largest absolute Gasteiger partial charge is 0.452 e. The SMILES string of the molecule is CC(OC(=O)CNS(=O)(=O)c1cccc(Br)c1)C(=O)NC(=O)NCc1ccccc1. The zero-order chi connectivity index (χ0) is 22.1. The third kappa shape index (κ3) is 7.58. The highest BCUT2D eigenvalue weighted by Crippen LogP contribution is 2.15. The van der Waals surface area contributed by atoms with E-state index in [2.05, 4.69) is 26.0 Å². The number of rotatable bonds is 8. The molecule has 0 saturated carbocycles. The molecular formula is C19H20BrN3O6S. The number of amides is 3. The molecule has 0 heterocycles. The summed E-state index contributed by atoms with van der Waals surface area (Å²) in [5.74, 6) is -1.82. The van der Waals surface area contributed by atoms with Gasteiger partial charge in [0, 0.05) is 11.0 Å². The number of halogens is 1. The highest BCUT2D eigenvalue weighted by molar-refractivity contribution is 9.10. The monoisotopic (exact) mass is 497 g/mol. The zero-order valence-electron chi connectivity index (χ0n) is 15.9. The lowest BCUT2D eigenvalue weighted by atomic mass is 10.2. The van der Waals surface area contributed by atoms with Crippen molar-refractivity contribution < 1.29 is 27.5 Å². The number of carbonyl (C=O) groups is 3. The topological polar surface area (TPSA) is 131 Å². The van der Waals surface area contributed by atoms with Gasteiger partial charge in [-0.25, -0.2) is 13.2 Å². The molecule has 11 heteroatoms. The van der Waals surface area contributed by atoms with E-state index < -0.39 is 40.6 Å². The smallest absolute Gasteiger partial charge is 0.321 e. The van der Waals surface area contributed by atoms with Crippen LogP contribution < -0.4 is 15.4 Å². The van der Waals surface area contributed by atoms with Crippen LogP contribution in [0.1, 0.15) is 12.5 Å². The lowest BCUT2D eigenvalue weighted by Gasteiger charge is -2.14. The number of hydrogen-bond donors (Lipinski definition) is 3. The van der Waals surface area contributed by atoms with Crippen LogP contribution in [-0.4, -0.2) is 39.0 Å². The fourth-order valence-corrected chi connectivity index (χ4v) is 3.76. The average molecular weight is 498 g/mol. The standard InChI is InChI=1S/C19H20BrN3O6S/c1-13(18(25)23-19(26)21-11-14-6-3-2-4-7-14)29-17(24)12-22-30(27,28)16-9-5-8-15(20)10-16/h2-10,13,22H,11-12H2,1H3,(H2,21,23,25,26). The van der Waals surface area contributed by atoms with Gasteiger partial charge in [-0.1, -0.05) is 52.3 Å². The summed E-state index contributed by atoms with van der Waals surface area (Å²) >= 11 is 3.17. The first-order valence-corrected chi connectivity index (χ1v) is 11.0. The first-order chi connectivity index (χ1) is 14.2. The summed E-state index contributed by atoms with van der Waals surface area (Å²) in [7, 11) is -3.93. The number of imide groups is 1. The summed E-state index contributed by atoms with van der Waals surface area (Å²) in [6.45, 7) is 0.804. The number of nitrogens with one attached hydrogen (secondary N) is 3. The molecule has 30 heavy (non-hydrogen) atoms. The molecule has 2 aromatic rings. The summed E-state index contributed by atoms with van der Waals surface area (Å²) in [5, 5.41) is 4.55. The molecule has 2 aromatic carbocycles. The first-order valence-electron chi connectivity index (χ1n) is 8.75. The van der Waals surface area contributed by atoms with Gasteiger partial charge in [-0.3, -0.25) is 14.9 Å². The fraction of sp³-hybridized carbons (Fsp3) is 0.211. The van der Waals surface area contributed by atoms with E-state index in [1.165, 1.54) is 25.1 Å². The van der Waals surface area contributed by atoms with Gasteiger partial charge in [-0.2, -0.15) is 4.72 Å². The van der Waals surface area contributed by atoms with E-state index in [9.17, 15) is 22.8 Å². The lowest BCUT2D eigenvalue weighted by molar-refractivity contribution is -0.153. The fourth-order valence-electron chi connectivity index (χ4n) is 2.20. The normalized spacial score (nSPS) is 11.9. The second-order valence-corrected chi connectivity index (χ2v) is 8.75. The molecule has 0 aliphatic carbocycles. The van der Waals surface area contributed by atoms with Gasteiger partial charge in [0.05, 0.1) is 4.90 Å². The highest BCUT2D eigenvalue weighted by Gasteiger charge is 2.22. The molecule has 9 nitrogen and oxygen atoms in total. The Labute approximate surface area is 182 Å². The number of ether oxygens (including phenoxy) is 1. The van der Waals surface area contributed by atoms with Crippen LogP contribution in [0.15, 0.2) is 64.0 Å². The van der Waals surface area contributed by atoms with E-state index in [4.69, 9.17) is 4.74 Å². The second kappa shape index (κ2) is 10.9. The molecule has 0 aliphatic rings. The summed E-state index contributed by atoms with van der Waals surface area (Å²) in [4.78, 5) is 35.6. The van der Waals surface area contributed by atoms with Crippen molar-refractivity contribution in [2.24, 2.45) is 0 Å². The Hall–Kier alpha value is -2.76. The number of esters is 1. The van der Waals surface area contributed by atoms with Crippen LogP contribution in [0.25, 0.3) is 0 Å². The molecule has 0 fully saturated rings. The summed E-state index contributed by atoms with van der Waals surface area (Å²) in [6, 6.07) is 14.3. The molecule has 0 spiro atoms. The Kier molecular flexibility index (Phi) is 8.51. The predicted molar refractivity (Wildman–Crippen MR) is 112 cm³/mol. The van der Waals surface area contributed by atoms with E-state index in [1.807, 2.05) is 35.6 Å². The van der Waals surface area contributed by atoms with Crippen LogP contribution in [0.2, 0.25) is 0 Å². The molecule has 0 radical (unpaired) electrons. The summed E-state index contributed by atoms with van der Waals surface area (Å²) in [5.41, 5.74) is 0.845. The van der Waals surface area contributed by atoms with E-state index in [1.54, 1.807) is 6.07 Å². The third-order valence-corrected chi connectivity index (χ3v) is 5.62. The quantitative estimate of drug-likeness (QED) is 0.475. The van der Waals surface area contributed by atoms with E-state index in [-0.39, 0.29) is 11.4 Å². The van der Waals surface area contributed by atoms with Crippen molar-refractivity contribution in [1.29, 1.82) is 0 Å². The average Bonchev–Trinajstić information content (AvgIpc) is 2.71. The van der Waals surface area contributed by atoms with Gasteiger partial charge in [0.25, 0.3) is 5.91 Å². The Balaban J connectivity index is 1.77. The van der Waals surface area contributed by atoms with Crippen molar-refractivity contribution in [3.05, 3.63) is 64.6 Å². The second-order valence-electron chi connectivity index (χ2n) is 6.07. The number of sulfonamides is 1. The van der Waals surface area contributed by atoms with Crippen LogP contribution in [0.3, 0.4) is 0 Å². The Morgan fingerprint density at radius 1 is 1.07 bits per heavy atom. The first kappa shape index (κ1) is 23.5. The maximum atomic E-state index is 12.2. The van der Waals surface area contributed by atoms with Crippen LogP contribution in [-0.2, 0) is 30.9 Å². The minimum atomic E-state index is -3.93. The van der Waals surface area contributed by atoms with E-state index in [0.29, 0.717) is 4.47 Å². The van der Waals surface area contributed by atoms with Crippen LogP contribution in [0, 0.1) is 0 Å².